The molecule has 1 aromatic carbocycles. The largest absolute Gasteiger partial charge is 0.462 e. The van der Waals surface area contributed by atoms with E-state index in [-0.39, 0.29) is 17.9 Å². The summed E-state index contributed by atoms with van der Waals surface area (Å²) >= 11 is 0. The van der Waals surface area contributed by atoms with Crippen LogP contribution in [-0.2, 0) is 10.7 Å². The van der Waals surface area contributed by atoms with Crippen LogP contribution in [0, 0.1) is 0 Å². The van der Waals surface area contributed by atoms with Crippen molar-refractivity contribution in [3.8, 4) is 0 Å². The lowest BCUT2D eigenvalue weighted by Crippen LogP contribution is -2.18. The molecule has 0 bridgehead atoms. The minimum absolute atomic E-state index is 0.0387. The second-order valence-corrected chi connectivity index (χ2v) is 5.94. The van der Waals surface area contributed by atoms with Gasteiger partial charge in [0.15, 0.2) is 5.82 Å². The number of carbonyl (C=O) groups excluding carboxylic acids is 1. The van der Waals surface area contributed by atoms with Gasteiger partial charge in [-0.3, -0.25) is 0 Å². The number of ether oxygens (including phenoxy) is 1. The monoisotopic (exact) mass is 361 g/mol. The zero-order valence-corrected chi connectivity index (χ0v) is 15.2. The van der Waals surface area contributed by atoms with Crippen molar-refractivity contribution in [1.82, 2.24) is 14.9 Å². The fourth-order valence-electron chi connectivity index (χ4n) is 2.31. The van der Waals surface area contributed by atoms with Crippen LogP contribution in [0.2, 0.25) is 0 Å². The van der Waals surface area contributed by atoms with Crippen molar-refractivity contribution in [3.05, 3.63) is 65.4 Å². The van der Waals surface area contributed by atoms with Crippen LogP contribution in [0.15, 0.2) is 42.7 Å². The van der Waals surface area contributed by atoms with Gasteiger partial charge in [0.25, 0.3) is 0 Å². The minimum atomic E-state index is -3.23. The Labute approximate surface area is 151 Å². The predicted molar refractivity (Wildman–Crippen MR) is 94.8 cm³/mol. The zero-order valence-electron chi connectivity index (χ0n) is 15.2. The lowest BCUT2D eigenvalue weighted by molar-refractivity contribution is 0.00738. The molecule has 0 N–H and O–H groups in total. The van der Waals surface area contributed by atoms with Crippen molar-refractivity contribution >= 4 is 11.5 Å². The summed E-state index contributed by atoms with van der Waals surface area (Å²) in [6.07, 6.45) is 2.82. The molecule has 0 unspecified atom stereocenters. The maximum absolute atomic E-state index is 13.8. The number of carbonyl (C=O) groups is 1. The van der Waals surface area contributed by atoms with Gasteiger partial charge < -0.3 is 9.64 Å². The first kappa shape index (κ1) is 19.5. The molecule has 7 heteroatoms. The highest BCUT2D eigenvalue weighted by molar-refractivity contribution is 5.96. The smallest absolute Gasteiger partial charge is 0.341 e. The maximum atomic E-state index is 13.8. The first-order valence-corrected chi connectivity index (χ1v) is 8.10. The third kappa shape index (κ3) is 4.62. The summed E-state index contributed by atoms with van der Waals surface area (Å²) in [7, 11) is 3.59. The third-order valence-corrected chi connectivity index (χ3v) is 3.40. The quantitative estimate of drug-likeness (QED) is 0.734. The number of halogens is 2. The third-order valence-electron chi connectivity index (χ3n) is 3.40. The Balaban J connectivity index is 2.73. The maximum Gasteiger partial charge on any atom is 0.341 e. The van der Waals surface area contributed by atoms with Crippen LogP contribution >= 0.6 is 0 Å². The second kappa shape index (κ2) is 8.03. The number of hydrogen-bond acceptors (Lipinski definition) is 5. The molecule has 0 radical (unpaired) electrons. The fourth-order valence-corrected chi connectivity index (χ4v) is 2.31. The van der Waals surface area contributed by atoms with E-state index in [2.05, 4.69) is 9.97 Å². The van der Waals surface area contributed by atoms with Crippen molar-refractivity contribution in [3.63, 3.8) is 0 Å². The van der Waals surface area contributed by atoms with Crippen LogP contribution in [-0.4, -0.2) is 41.5 Å². The Hall–Kier alpha value is -2.83. The highest BCUT2D eigenvalue weighted by Gasteiger charge is 2.31. The summed E-state index contributed by atoms with van der Waals surface area (Å²) in [6.45, 7) is 2.54. The van der Waals surface area contributed by atoms with E-state index in [1.54, 1.807) is 32.1 Å². The van der Waals surface area contributed by atoms with Gasteiger partial charge >= 0.3 is 11.9 Å². The second-order valence-electron chi connectivity index (χ2n) is 5.94. The average Bonchev–Trinajstić information content (AvgIpc) is 2.59. The number of rotatable bonds is 6. The van der Waals surface area contributed by atoms with E-state index in [1.165, 1.54) is 0 Å². The molecule has 0 aliphatic rings. The normalized spacial score (nSPS) is 12.0. The fraction of sp³-hybridized carbons (Fsp3) is 0.316. The van der Waals surface area contributed by atoms with Gasteiger partial charge in [-0.2, -0.15) is 8.78 Å². The molecule has 0 spiro atoms. The molecule has 0 aliphatic heterocycles. The summed E-state index contributed by atoms with van der Waals surface area (Å²) in [5.41, 5.74) is 1.40. The van der Waals surface area contributed by atoms with E-state index >= 15 is 0 Å². The molecule has 1 heterocycles. The van der Waals surface area contributed by atoms with Crippen LogP contribution in [0.25, 0.3) is 5.57 Å². The molecule has 0 saturated heterocycles. The Morgan fingerprint density at radius 2 is 1.92 bits per heavy atom. The average molecular weight is 361 g/mol. The molecule has 0 saturated carbocycles. The van der Waals surface area contributed by atoms with Crippen molar-refractivity contribution in [2.24, 2.45) is 0 Å². The van der Waals surface area contributed by atoms with Crippen molar-refractivity contribution in [2.45, 2.75) is 19.8 Å². The first-order valence-electron chi connectivity index (χ1n) is 8.10. The number of esters is 1. The number of hydrogen-bond donors (Lipinski definition) is 0. The van der Waals surface area contributed by atoms with Gasteiger partial charge in [-0.1, -0.05) is 30.3 Å². The molecular formula is C19H21F2N3O2. The van der Waals surface area contributed by atoms with Gasteiger partial charge in [-0.25, -0.2) is 14.8 Å². The van der Waals surface area contributed by atoms with Crippen molar-refractivity contribution in [2.75, 3.05) is 20.7 Å². The molecule has 2 rings (SSSR count). The lowest BCUT2D eigenvalue weighted by atomic mass is 10.00. The topological polar surface area (TPSA) is 55.3 Å². The molecule has 0 aliphatic carbocycles. The van der Waals surface area contributed by atoms with Crippen molar-refractivity contribution < 1.29 is 18.3 Å². The standard InChI is InChI=1S/C19H21F2N3O2/c1-5-26-17(25)14-11-22-18(19(2,20)21)23-16(14)15(12-24(3)4)13-9-7-6-8-10-13/h6-12H,5H2,1-4H3/b15-12+. The van der Waals surface area contributed by atoms with Gasteiger partial charge in [-0.05, 0) is 12.5 Å². The van der Waals surface area contributed by atoms with Crippen LogP contribution in [0.3, 0.4) is 0 Å². The molecule has 138 valence electrons. The molecule has 1 aromatic heterocycles. The Morgan fingerprint density at radius 3 is 2.46 bits per heavy atom. The Kier molecular flexibility index (Phi) is 6.02. The zero-order chi connectivity index (χ0) is 19.3. The first-order chi connectivity index (χ1) is 12.2. The molecule has 5 nitrogen and oxygen atoms in total. The molecule has 26 heavy (non-hydrogen) atoms. The summed E-state index contributed by atoms with van der Waals surface area (Å²) in [5.74, 6) is -4.54. The van der Waals surface area contributed by atoms with Gasteiger partial charge in [-0.15, -0.1) is 0 Å². The summed E-state index contributed by atoms with van der Waals surface area (Å²) in [5, 5.41) is 0. The van der Waals surface area contributed by atoms with Crippen molar-refractivity contribution in [1.29, 1.82) is 0 Å². The van der Waals surface area contributed by atoms with E-state index in [0.717, 1.165) is 11.8 Å². The minimum Gasteiger partial charge on any atom is -0.462 e. The number of benzene rings is 1. The molecule has 2 aromatic rings. The highest BCUT2D eigenvalue weighted by Crippen LogP contribution is 2.29. The Morgan fingerprint density at radius 1 is 1.27 bits per heavy atom. The SMILES string of the molecule is CCOC(=O)c1cnc(C(C)(F)F)nc1/C(=C/N(C)C)c1ccccc1. The van der Waals surface area contributed by atoms with Crippen LogP contribution in [0.5, 0.6) is 0 Å². The Bertz CT molecular complexity index is 800. The lowest BCUT2D eigenvalue weighted by Gasteiger charge is -2.17. The van der Waals surface area contributed by atoms with Gasteiger partial charge in [0.1, 0.15) is 5.56 Å². The van der Waals surface area contributed by atoms with E-state index in [1.807, 2.05) is 30.3 Å². The van der Waals surface area contributed by atoms with E-state index in [4.69, 9.17) is 4.74 Å². The predicted octanol–water partition coefficient (Wildman–Crippen LogP) is 3.72. The van der Waals surface area contributed by atoms with Gasteiger partial charge in [0.05, 0.1) is 12.3 Å². The van der Waals surface area contributed by atoms with E-state index in [0.29, 0.717) is 12.5 Å². The van der Waals surface area contributed by atoms with Crippen LogP contribution < -0.4 is 0 Å². The van der Waals surface area contributed by atoms with E-state index < -0.39 is 17.7 Å². The summed E-state index contributed by atoms with van der Waals surface area (Å²) < 4.78 is 32.6. The van der Waals surface area contributed by atoms with Gasteiger partial charge in [0.2, 0.25) is 0 Å². The number of nitrogens with zero attached hydrogens (tertiary/aromatic N) is 3. The highest BCUT2D eigenvalue weighted by atomic mass is 19.3. The molecule has 0 amide bonds. The van der Waals surface area contributed by atoms with Crippen LogP contribution in [0.4, 0.5) is 8.78 Å². The molecule has 0 atom stereocenters. The van der Waals surface area contributed by atoms with Crippen LogP contribution in [0.1, 0.15) is 41.3 Å². The van der Waals surface area contributed by atoms with Gasteiger partial charge in [0, 0.05) is 39.0 Å². The molecule has 0 fully saturated rings. The summed E-state index contributed by atoms with van der Waals surface area (Å²) in [4.78, 5) is 21.8. The molecular weight excluding hydrogens is 340 g/mol. The number of alkyl halides is 2. The van der Waals surface area contributed by atoms with E-state index in [9.17, 15) is 13.6 Å². The number of aromatic nitrogens is 2. The summed E-state index contributed by atoms with van der Waals surface area (Å²) in [6, 6.07) is 9.11.